The van der Waals surface area contributed by atoms with E-state index in [2.05, 4.69) is 0 Å². The number of carbonyl (C=O) groups is 1. The zero-order valence-corrected chi connectivity index (χ0v) is 11.8. The molecule has 0 saturated carbocycles. The van der Waals surface area contributed by atoms with Crippen LogP contribution in [-0.4, -0.2) is 41.0 Å². The van der Waals surface area contributed by atoms with Crippen LogP contribution in [0.15, 0.2) is 0 Å². The maximum absolute atomic E-state index is 11.6. The van der Waals surface area contributed by atoms with Gasteiger partial charge in [0.05, 0.1) is 0 Å². The first-order chi connectivity index (χ1) is 7.92. The molecular formula is C10H17Cl3N2O2. The van der Waals surface area contributed by atoms with Crippen LogP contribution in [0.2, 0.25) is 0 Å². The number of amides is 1. The molecule has 17 heavy (non-hydrogen) atoms. The second kappa shape index (κ2) is 6.88. The quantitative estimate of drug-likeness (QED) is 0.815. The van der Waals surface area contributed by atoms with E-state index in [9.17, 15) is 4.79 Å². The SMILES string of the molecule is NCCC1CCN(C(=O)OCC(Cl)(Cl)Cl)CC1. The summed E-state index contributed by atoms with van der Waals surface area (Å²) < 4.78 is 3.36. The predicted octanol–water partition coefficient (Wildman–Crippen LogP) is 2.55. The summed E-state index contributed by atoms with van der Waals surface area (Å²) >= 11 is 16.5. The molecule has 0 bridgehead atoms. The van der Waals surface area contributed by atoms with E-state index < -0.39 is 9.89 Å². The van der Waals surface area contributed by atoms with Crippen LogP contribution >= 0.6 is 34.8 Å². The van der Waals surface area contributed by atoms with Crippen molar-refractivity contribution in [3.8, 4) is 0 Å². The van der Waals surface area contributed by atoms with Crippen LogP contribution in [0.25, 0.3) is 0 Å². The number of likely N-dealkylation sites (tertiary alicyclic amines) is 1. The zero-order valence-electron chi connectivity index (χ0n) is 9.50. The first-order valence-electron chi connectivity index (χ1n) is 5.61. The molecule has 0 aromatic rings. The number of nitrogens with two attached hydrogens (primary N) is 1. The van der Waals surface area contributed by atoms with E-state index in [1.807, 2.05) is 0 Å². The van der Waals surface area contributed by atoms with Crippen LogP contribution in [-0.2, 0) is 4.74 Å². The number of ether oxygens (including phenoxy) is 1. The van der Waals surface area contributed by atoms with E-state index in [1.54, 1.807) is 4.90 Å². The van der Waals surface area contributed by atoms with Crippen LogP contribution in [0.3, 0.4) is 0 Å². The molecule has 1 amide bonds. The lowest BCUT2D eigenvalue weighted by Gasteiger charge is -2.31. The van der Waals surface area contributed by atoms with Gasteiger partial charge >= 0.3 is 6.09 Å². The Morgan fingerprint density at radius 1 is 1.35 bits per heavy atom. The lowest BCUT2D eigenvalue weighted by atomic mass is 9.94. The van der Waals surface area contributed by atoms with E-state index in [0.29, 0.717) is 25.6 Å². The number of nitrogens with zero attached hydrogens (tertiary/aromatic N) is 1. The van der Waals surface area contributed by atoms with Crippen molar-refractivity contribution in [2.24, 2.45) is 11.7 Å². The molecule has 1 heterocycles. The molecule has 0 aromatic heterocycles. The summed E-state index contributed by atoms with van der Waals surface area (Å²) in [6.07, 6.45) is 2.51. The number of piperidine rings is 1. The summed E-state index contributed by atoms with van der Waals surface area (Å²) in [5.74, 6) is 0.609. The Kier molecular flexibility index (Phi) is 6.13. The van der Waals surface area contributed by atoms with Crippen LogP contribution in [0.4, 0.5) is 4.79 Å². The third kappa shape index (κ3) is 6.00. The number of alkyl halides is 3. The van der Waals surface area contributed by atoms with Gasteiger partial charge in [-0.2, -0.15) is 0 Å². The minimum atomic E-state index is -1.55. The second-order valence-electron chi connectivity index (χ2n) is 4.18. The van der Waals surface area contributed by atoms with Gasteiger partial charge in [0.15, 0.2) is 0 Å². The van der Waals surface area contributed by atoms with Gasteiger partial charge in [-0.1, -0.05) is 34.8 Å². The van der Waals surface area contributed by atoms with Gasteiger partial charge in [0.25, 0.3) is 0 Å². The van der Waals surface area contributed by atoms with Gasteiger partial charge in [0.2, 0.25) is 3.79 Å². The van der Waals surface area contributed by atoms with Crippen molar-refractivity contribution in [1.82, 2.24) is 4.90 Å². The standard InChI is InChI=1S/C10H17Cl3N2O2/c11-10(12,13)7-17-9(16)15-5-2-8(1-4-14)3-6-15/h8H,1-7,14H2. The van der Waals surface area contributed by atoms with Crippen LogP contribution in [0, 0.1) is 5.92 Å². The highest BCUT2D eigenvalue weighted by Gasteiger charge is 2.27. The smallest absolute Gasteiger partial charge is 0.409 e. The lowest BCUT2D eigenvalue weighted by Crippen LogP contribution is -2.40. The van der Waals surface area contributed by atoms with E-state index in [0.717, 1.165) is 19.3 Å². The van der Waals surface area contributed by atoms with Crippen molar-refractivity contribution < 1.29 is 9.53 Å². The largest absolute Gasteiger partial charge is 0.445 e. The Balaban J connectivity index is 2.26. The van der Waals surface area contributed by atoms with Crippen molar-refractivity contribution in [3.63, 3.8) is 0 Å². The molecule has 0 spiro atoms. The predicted molar refractivity (Wildman–Crippen MR) is 69.6 cm³/mol. The van der Waals surface area contributed by atoms with Crippen LogP contribution in [0.1, 0.15) is 19.3 Å². The summed E-state index contributed by atoms with van der Waals surface area (Å²) in [4.78, 5) is 13.3. The Hall–Kier alpha value is 0.1000. The van der Waals surface area contributed by atoms with Crippen LogP contribution in [0.5, 0.6) is 0 Å². The van der Waals surface area contributed by atoms with Crippen molar-refractivity contribution in [3.05, 3.63) is 0 Å². The summed E-state index contributed by atoms with van der Waals surface area (Å²) in [5.41, 5.74) is 5.50. The number of rotatable bonds is 3. The van der Waals surface area contributed by atoms with Gasteiger partial charge in [-0.25, -0.2) is 4.79 Å². The Bertz CT molecular complexity index is 250. The molecule has 2 N–H and O–H groups in total. The minimum absolute atomic E-state index is 0.223. The topological polar surface area (TPSA) is 55.6 Å². The summed E-state index contributed by atoms with van der Waals surface area (Å²) in [6, 6.07) is 0. The van der Waals surface area contributed by atoms with Crippen molar-refractivity contribution in [1.29, 1.82) is 0 Å². The third-order valence-electron chi connectivity index (χ3n) is 2.81. The average Bonchev–Trinajstić information content (AvgIpc) is 2.26. The Morgan fingerprint density at radius 2 is 1.94 bits per heavy atom. The van der Waals surface area contributed by atoms with Gasteiger partial charge < -0.3 is 15.4 Å². The van der Waals surface area contributed by atoms with Gasteiger partial charge in [-0.15, -0.1) is 0 Å². The van der Waals surface area contributed by atoms with Crippen molar-refractivity contribution >= 4 is 40.9 Å². The molecule has 7 heteroatoms. The number of hydrogen-bond donors (Lipinski definition) is 1. The molecule has 1 aliphatic rings. The molecule has 4 nitrogen and oxygen atoms in total. The molecule has 0 radical (unpaired) electrons. The van der Waals surface area contributed by atoms with E-state index >= 15 is 0 Å². The monoisotopic (exact) mass is 302 g/mol. The second-order valence-corrected chi connectivity index (χ2v) is 6.69. The Morgan fingerprint density at radius 3 is 2.41 bits per heavy atom. The fourth-order valence-electron chi connectivity index (χ4n) is 1.87. The molecule has 0 atom stereocenters. The zero-order chi connectivity index (χ0) is 12.9. The van der Waals surface area contributed by atoms with Crippen molar-refractivity contribution in [2.75, 3.05) is 26.2 Å². The fourth-order valence-corrected chi connectivity index (χ4v) is 2.04. The molecule has 100 valence electrons. The average molecular weight is 304 g/mol. The molecule has 0 aromatic carbocycles. The Labute approximate surface area is 116 Å². The summed E-state index contributed by atoms with van der Waals surface area (Å²) in [5, 5.41) is 0. The number of carbonyl (C=O) groups excluding carboxylic acids is 1. The fraction of sp³-hybridized carbons (Fsp3) is 0.900. The molecule has 0 aliphatic carbocycles. The normalized spacial score (nSPS) is 18.2. The highest BCUT2D eigenvalue weighted by molar-refractivity contribution is 6.67. The maximum atomic E-state index is 11.6. The maximum Gasteiger partial charge on any atom is 0.409 e. The molecule has 1 fully saturated rings. The van der Waals surface area contributed by atoms with E-state index in [1.165, 1.54) is 0 Å². The molecule has 1 rings (SSSR count). The number of hydrogen-bond acceptors (Lipinski definition) is 3. The highest BCUT2D eigenvalue weighted by Crippen LogP contribution is 2.26. The highest BCUT2D eigenvalue weighted by atomic mass is 35.6. The van der Waals surface area contributed by atoms with Gasteiger partial charge in [0.1, 0.15) is 6.61 Å². The van der Waals surface area contributed by atoms with E-state index in [-0.39, 0.29) is 6.61 Å². The molecule has 1 saturated heterocycles. The molecule has 0 unspecified atom stereocenters. The van der Waals surface area contributed by atoms with Crippen LogP contribution < -0.4 is 5.73 Å². The lowest BCUT2D eigenvalue weighted by molar-refractivity contribution is 0.0885. The molecule has 1 aliphatic heterocycles. The first-order valence-corrected chi connectivity index (χ1v) is 6.74. The van der Waals surface area contributed by atoms with Gasteiger partial charge in [-0.05, 0) is 31.7 Å². The first kappa shape index (κ1) is 15.2. The van der Waals surface area contributed by atoms with Gasteiger partial charge in [0, 0.05) is 13.1 Å². The molecular weight excluding hydrogens is 286 g/mol. The third-order valence-corrected chi connectivity index (χ3v) is 3.13. The minimum Gasteiger partial charge on any atom is -0.445 e. The van der Waals surface area contributed by atoms with Gasteiger partial charge in [-0.3, -0.25) is 0 Å². The summed E-state index contributed by atoms with van der Waals surface area (Å²) in [7, 11) is 0. The van der Waals surface area contributed by atoms with E-state index in [4.69, 9.17) is 45.3 Å². The summed E-state index contributed by atoms with van der Waals surface area (Å²) in [6.45, 7) is 1.84. The van der Waals surface area contributed by atoms with Crippen molar-refractivity contribution in [2.45, 2.75) is 23.1 Å². The number of halogens is 3.